The van der Waals surface area contributed by atoms with E-state index in [1.807, 2.05) is 24.3 Å². The van der Waals surface area contributed by atoms with Crippen molar-refractivity contribution in [2.75, 3.05) is 17.6 Å². The Kier molecular flexibility index (Phi) is 7.08. The summed E-state index contributed by atoms with van der Waals surface area (Å²) in [4.78, 5) is 11.9. The lowest BCUT2D eigenvalue weighted by Gasteiger charge is -2.12. The number of nitrogens with one attached hydrogen (secondary N) is 2. The van der Waals surface area contributed by atoms with Crippen LogP contribution in [0.15, 0.2) is 55.1 Å². The third kappa shape index (κ3) is 6.34. The topological polar surface area (TPSA) is 67.2 Å². The van der Waals surface area contributed by atoms with Gasteiger partial charge in [0.25, 0.3) is 0 Å². The average molecular weight is 337 g/mol. The molecule has 0 radical (unpaired) electrons. The maximum Gasteiger partial charge on any atom is 0.224 e. The Labute approximate surface area is 150 Å². The molecule has 2 rings (SSSR count). The number of carbonyl (C=O) groups excluding carboxylic acids is 1. The fourth-order valence-electron chi connectivity index (χ4n) is 2.62. The van der Waals surface area contributed by atoms with Crippen LogP contribution in [-0.2, 0) is 4.79 Å². The van der Waals surface area contributed by atoms with Crippen molar-refractivity contribution in [2.24, 2.45) is 0 Å². The van der Waals surface area contributed by atoms with Gasteiger partial charge in [-0.15, -0.1) is 0 Å². The van der Waals surface area contributed by atoms with Crippen LogP contribution in [0.2, 0.25) is 0 Å². The summed E-state index contributed by atoms with van der Waals surface area (Å²) in [7, 11) is 0. The third-order valence-electron chi connectivity index (χ3n) is 4.08. The third-order valence-corrected chi connectivity index (χ3v) is 4.08. The first-order chi connectivity index (χ1) is 12.1. The molecule has 2 aromatic rings. The van der Waals surface area contributed by atoms with E-state index >= 15 is 0 Å². The molecule has 0 aliphatic heterocycles. The van der Waals surface area contributed by atoms with Crippen molar-refractivity contribution in [1.82, 2.24) is 5.32 Å². The standard InChI is InChI=1S/C21H27N3O/c1-16-8-5-6-9-20(16)17(2)23-15-7-3-4-10-21(25)24-19-13-11-18(22)12-14-19/h5-6,8-9,11-14,23H,2-4,7,10,15,22H2,1H3,(H,24,25). The monoisotopic (exact) mass is 337 g/mol. The van der Waals surface area contributed by atoms with E-state index in [4.69, 9.17) is 5.73 Å². The maximum absolute atomic E-state index is 11.9. The number of nitrogen functional groups attached to an aromatic ring is 1. The van der Waals surface area contributed by atoms with E-state index in [1.54, 1.807) is 12.1 Å². The minimum Gasteiger partial charge on any atom is -0.399 e. The number of amides is 1. The quantitative estimate of drug-likeness (QED) is 0.471. The molecule has 0 saturated carbocycles. The molecule has 0 fully saturated rings. The van der Waals surface area contributed by atoms with Crippen molar-refractivity contribution >= 4 is 23.0 Å². The molecule has 25 heavy (non-hydrogen) atoms. The summed E-state index contributed by atoms with van der Waals surface area (Å²) in [5, 5.41) is 6.25. The molecule has 2 aromatic carbocycles. The minimum atomic E-state index is 0.0436. The van der Waals surface area contributed by atoms with Gasteiger partial charge in [-0.1, -0.05) is 37.3 Å². The molecule has 0 heterocycles. The zero-order chi connectivity index (χ0) is 18.1. The van der Waals surface area contributed by atoms with Crippen LogP contribution in [0.4, 0.5) is 11.4 Å². The number of anilines is 2. The van der Waals surface area contributed by atoms with Crippen LogP contribution in [0, 0.1) is 6.92 Å². The summed E-state index contributed by atoms with van der Waals surface area (Å²) in [5.74, 6) is 0.0436. The summed E-state index contributed by atoms with van der Waals surface area (Å²) >= 11 is 0. The number of benzene rings is 2. The molecule has 4 heteroatoms. The summed E-state index contributed by atoms with van der Waals surface area (Å²) in [6.45, 7) is 7.05. The van der Waals surface area contributed by atoms with Gasteiger partial charge in [-0.3, -0.25) is 4.79 Å². The van der Waals surface area contributed by atoms with Gasteiger partial charge in [0.05, 0.1) is 0 Å². The first-order valence-corrected chi connectivity index (χ1v) is 8.70. The molecule has 0 bridgehead atoms. The number of hydrogen-bond donors (Lipinski definition) is 3. The molecule has 1 amide bonds. The van der Waals surface area contributed by atoms with Gasteiger partial charge in [0.2, 0.25) is 5.91 Å². The second-order valence-electron chi connectivity index (χ2n) is 6.20. The molecular weight excluding hydrogens is 310 g/mol. The van der Waals surface area contributed by atoms with Crippen LogP contribution < -0.4 is 16.4 Å². The van der Waals surface area contributed by atoms with Gasteiger partial charge in [0.1, 0.15) is 0 Å². The molecule has 0 aliphatic carbocycles. The van der Waals surface area contributed by atoms with Crippen molar-refractivity contribution < 1.29 is 4.79 Å². The zero-order valence-corrected chi connectivity index (χ0v) is 14.8. The van der Waals surface area contributed by atoms with Crippen LogP contribution in [0.25, 0.3) is 5.70 Å². The van der Waals surface area contributed by atoms with Gasteiger partial charge >= 0.3 is 0 Å². The van der Waals surface area contributed by atoms with Gasteiger partial charge in [0.15, 0.2) is 0 Å². The molecule has 0 spiro atoms. The number of aryl methyl sites for hydroxylation is 1. The smallest absolute Gasteiger partial charge is 0.224 e. The number of carbonyl (C=O) groups is 1. The van der Waals surface area contributed by atoms with Crippen molar-refractivity contribution in [1.29, 1.82) is 0 Å². The van der Waals surface area contributed by atoms with Crippen molar-refractivity contribution in [3.05, 3.63) is 66.2 Å². The molecule has 0 atom stereocenters. The highest BCUT2D eigenvalue weighted by atomic mass is 16.1. The normalized spacial score (nSPS) is 10.3. The van der Waals surface area contributed by atoms with Crippen molar-refractivity contribution in [3.8, 4) is 0 Å². The SMILES string of the molecule is C=C(NCCCCCC(=O)Nc1ccc(N)cc1)c1ccccc1C. The summed E-state index contributed by atoms with van der Waals surface area (Å²) < 4.78 is 0. The molecule has 0 aliphatic rings. The number of rotatable bonds is 9. The maximum atomic E-state index is 11.9. The number of unbranched alkanes of at least 4 members (excludes halogenated alkanes) is 2. The van der Waals surface area contributed by atoms with Crippen LogP contribution in [0.5, 0.6) is 0 Å². The van der Waals surface area contributed by atoms with E-state index in [0.717, 1.165) is 42.8 Å². The Balaban J connectivity index is 1.58. The molecule has 0 aromatic heterocycles. The fourth-order valence-corrected chi connectivity index (χ4v) is 2.62. The highest BCUT2D eigenvalue weighted by Gasteiger charge is 2.03. The predicted molar refractivity (Wildman–Crippen MR) is 106 cm³/mol. The Morgan fingerprint density at radius 2 is 1.76 bits per heavy atom. The Bertz CT molecular complexity index is 707. The molecular formula is C21H27N3O. The summed E-state index contributed by atoms with van der Waals surface area (Å²) in [6, 6.07) is 15.4. The lowest BCUT2D eigenvalue weighted by molar-refractivity contribution is -0.116. The number of hydrogen-bond acceptors (Lipinski definition) is 3. The molecule has 4 nitrogen and oxygen atoms in total. The van der Waals surface area contributed by atoms with E-state index in [2.05, 4.69) is 36.3 Å². The molecule has 0 saturated heterocycles. The van der Waals surface area contributed by atoms with Gasteiger partial charge in [-0.25, -0.2) is 0 Å². The Morgan fingerprint density at radius 3 is 2.48 bits per heavy atom. The summed E-state index contributed by atoms with van der Waals surface area (Å²) in [5.41, 5.74) is 10.4. The van der Waals surface area contributed by atoms with Crippen molar-refractivity contribution in [3.63, 3.8) is 0 Å². The highest BCUT2D eigenvalue weighted by molar-refractivity contribution is 5.90. The predicted octanol–water partition coefficient (Wildman–Crippen LogP) is 4.34. The molecule has 132 valence electrons. The van der Waals surface area contributed by atoms with Gasteiger partial charge < -0.3 is 16.4 Å². The first-order valence-electron chi connectivity index (χ1n) is 8.70. The van der Waals surface area contributed by atoms with Gasteiger partial charge in [-0.05, 0) is 55.2 Å². The van der Waals surface area contributed by atoms with Gasteiger partial charge in [0, 0.05) is 30.0 Å². The Hall–Kier alpha value is -2.75. The lowest BCUT2D eigenvalue weighted by atomic mass is 10.1. The highest BCUT2D eigenvalue weighted by Crippen LogP contribution is 2.15. The van der Waals surface area contributed by atoms with E-state index < -0.39 is 0 Å². The first kappa shape index (κ1) is 18.6. The van der Waals surface area contributed by atoms with E-state index in [-0.39, 0.29) is 5.91 Å². The van der Waals surface area contributed by atoms with E-state index in [0.29, 0.717) is 12.1 Å². The fraction of sp³-hybridized carbons (Fsp3) is 0.286. The minimum absolute atomic E-state index is 0.0436. The number of nitrogens with two attached hydrogens (primary N) is 1. The zero-order valence-electron chi connectivity index (χ0n) is 14.8. The van der Waals surface area contributed by atoms with E-state index in [1.165, 1.54) is 5.56 Å². The van der Waals surface area contributed by atoms with Crippen LogP contribution in [0.1, 0.15) is 36.8 Å². The largest absolute Gasteiger partial charge is 0.399 e. The average Bonchev–Trinajstić information content (AvgIpc) is 2.60. The second-order valence-corrected chi connectivity index (χ2v) is 6.20. The second kappa shape index (κ2) is 9.52. The lowest BCUT2D eigenvalue weighted by Crippen LogP contribution is -2.14. The molecule has 0 unspecified atom stereocenters. The van der Waals surface area contributed by atoms with Crippen LogP contribution in [-0.4, -0.2) is 12.5 Å². The molecule has 4 N–H and O–H groups in total. The van der Waals surface area contributed by atoms with E-state index in [9.17, 15) is 4.79 Å². The van der Waals surface area contributed by atoms with Gasteiger partial charge in [-0.2, -0.15) is 0 Å². The van der Waals surface area contributed by atoms with Crippen LogP contribution in [0.3, 0.4) is 0 Å². The van der Waals surface area contributed by atoms with Crippen molar-refractivity contribution in [2.45, 2.75) is 32.6 Å². The van der Waals surface area contributed by atoms with Crippen LogP contribution >= 0.6 is 0 Å². The Morgan fingerprint density at radius 1 is 1.04 bits per heavy atom. The summed E-state index contributed by atoms with van der Waals surface area (Å²) in [6.07, 6.45) is 3.42.